The molecule has 1 aliphatic heterocycles. The van der Waals surface area contributed by atoms with E-state index in [1.54, 1.807) is 62.4 Å². The second-order valence-corrected chi connectivity index (χ2v) is 9.45. The molecule has 2 heterocycles. The third kappa shape index (κ3) is 5.46. The van der Waals surface area contributed by atoms with Gasteiger partial charge in [0.05, 0.1) is 42.2 Å². The van der Waals surface area contributed by atoms with E-state index in [4.69, 9.17) is 18.9 Å². The van der Waals surface area contributed by atoms with Gasteiger partial charge in [0, 0.05) is 5.56 Å². The van der Waals surface area contributed by atoms with E-state index < -0.39 is 12.0 Å². The van der Waals surface area contributed by atoms with Gasteiger partial charge in [-0.15, -0.1) is 0 Å². The Labute approximate surface area is 229 Å². The molecule has 10 heteroatoms. The normalized spacial score (nSPS) is 14.9. The maximum atomic E-state index is 13.8. The van der Waals surface area contributed by atoms with Crippen molar-refractivity contribution in [1.29, 1.82) is 0 Å². The monoisotopic (exact) mass is 550 g/mol. The molecule has 1 atom stereocenters. The van der Waals surface area contributed by atoms with Gasteiger partial charge >= 0.3 is 5.97 Å². The number of ether oxygens (including phenoxy) is 4. The van der Waals surface area contributed by atoms with Crippen molar-refractivity contribution in [2.24, 2.45) is 4.99 Å². The van der Waals surface area contributed by atoms with Crippen LogP contribution in [-0.4, -0.2) is 42.6 Å². The Hall–Kier alpha value is -4.31. The van der Waals surface area contributed by atoms with Gasteiger partial charge in [0.25, 0.3) is 5.56 Å². The fourth-order valence-electron chi connectivity index (χ4n) is 4.30. The third-order valence-electron chi connectivity index (χ3n) is 5.99. The highest BCUT2D eigenvalue weighted by molar-refractivity contribution is 7.07. The number of allylic oxidation sites excluding steroid dienone is 1. The third-order valence-corrected chi connectivity index (χ3v) is 6.98. The van der Waals surface area contributed by atoms with Crippen molar-refractivity contribution >= 4 is 23.4 Å². The molecule has 0 aliphatic carbocycles. The number of benzene rings is 2. The van der Waals surface area contributed by atoms with E-state index in [2.05, 4.69) is 11.6 Å². The standard InChI is InChI=1S/C29H30N2O7S/c1-6-14-38-20-13-12-18(15-22(20)36-7-2)25-24(28(34)37-8-3)17(4)30-29-31(25)27(33)23(39-29)16-19-10-9-11-21(35-5)26(19)32/h6,9-13,15-16,25,32H,1,7-8,14H2,2-5H3/b23-16-/t25-/m1/s1. The van der Waals surface area contributed by atoms with Gasteiger partial charge < -0.3 is 24.1 Å². The Bertz CT molecular complexity index is 1620. The number of para-hydroxylation sites is 1. The summed E-state index contributed by atoms with van der Waals surface area (Å²) >= 11 is 1.16. The Morgan fingerprint density at radius 3 is 2.64 bits per heavy atom. The van der Waals surface area contributed by atoms with Crippen LogP contribution in [0, 0.1) is 0 Å². The van der Waals surface area contributed by atoms with Crippen molar-refractivity contribution in [2.45, 2.75) is 26.8 Å². The summed E-state index contributed by atoms with van der Waals surface area (Å²) < 4.78 is 23.9. The van der Waals surface area contributed by atoms with Crippen LogP contribution in [-0.2, 0) is 9.53 Å². The van der Waals surface area contributed by atoms with Gasteiger partial charge in [-0.3, -0.25) is 9.36 Å². The number of aromatic nitrogens is 1. The van der Waals surface area contributed by atoms with Crippen LogP contribution in [0.2, 0.25) is 0 Å². The lowest BCUT2D eigenvalue weighted by Crippen LogP contribution is -2.40. The molecule has 0 unspecified atom stereocenters. The van der Waals surface area contributed by atoms with Gasteiger partial charge in [-0.2, -0.15) is 0 Å². The molecule has 0 amide bonds. The zero-order valence-corrected chi connectivity index (χ0v) is 23.0. The van der Waals surface area contributed by atoms with Crippen LogP contribution in [0.25, 0.3) is 6.08 Å². The van der Waals surface area contributed by atoms with Gasteiger partial charge in [0.1, 0.15) is 6.61 Å². The molecule has 4 rings (SSSR count). The van der Waals surface area contributed by atoms with Gasteiger partial charge in [0.15, 0.2) is 27.8 Å². The van der Waals surface area contributed by atoms with Crippen molar-refractivity contribution in [2.75, 3.05) is 26.9 Å². The predicted octanol–water partition coefficient (Wildman–Crippen LogP) is 3.48. The van der Waals surface area contributed by atoms with Crippen LogP contribution in [0.15, 0.2) is 70.1 Å². The van der Waals surface area contributed by atoms with Gasteiger partial charge in [-0.05, 0) is 50.6 Å². The molecule has 0 fully saturated rings. The van der Waals surface area contributed by atoms with Gasteiger partial charge in [-0.25, -0.2) is 9.79 Å². The minimum atomic E-state index is -0.825. The number of nitrogens with zero attached hydrogens (tertiary/aromatic N) is 2. The first-order chi connectivity index (χ1) is 18.8. The first kappa shape index (κ1) is 27.7. The highest BCUT2D eigenvalue weighted by atomic mass is 32.1. The van der Waals surface area contributed by atoms with Crippen molar-refractivity contribution in [3.8, 4) is 23.0 Å². The van der Waals surface area contributed by atoms with Crippen LogP contribution < -0.4 is 29.1 Å². The van der Waals surface area contributed by atoms with E-state index in [1.165, 1.54) is 11.7 Å². The number of phenolic OH excluding ortho intramolecular Hbond substituents is 1. The Balaban J connectivity index is 1.95. The lowest BCUT2D eigenvalue weighted by atomic mass is 9.95. The van der Waals surface area contributed by atoms with Crippen molar-refractivity contribution in [3.63, 3.8) is 0 Å². The van der Waals surface area contributed by atoms with E-state index in [0.717, 1.165) is 11.3 Å². The Kier molecular flexibility index (Phi) is 8.55. The zero-order chi connectivity index (χ0) is 28.1. The molecule has 0 bridgehead atoms. The predicted molar refractivity (Wildman–Crippen MR) is 148 cm³/mol. The molecule has 1 N–H and O–H groups in total. The number of carbonyl (C=O) groups excluding carboxylic acids is 1. The van der Waals surface area contributed by atoms with E-state index in [9.17, 15) is 14.7 Å². The molecule has 0 saturated heterocycles. The summed E-state index contributed by atoms with van der Waals surface area (Å²) in [6.07, 6.45) is 3.21. The fourth-order valence-corrected chi connectivity index (χ4v) is 5.34. The fraction of sp³-hybridized carbons (Fsp3) is 0.276. The number of thiazole rings is 1. The van der Waals surface area contributed by atoms with E-state index >= 15 is 0 Å². The molecule has 0 radical (unpaired) electrons. The molecule has 9 nitrogen and oxygen atoms in total. The number of phenols is 1. The van der Waals surface area contributed by atoms with Crippen LogP contribution in [0.5, 0.6) is 23.0 Å². The van der Waals surface area contributed by atoms with Gasteiger partial charge in [0.2, 0.25) is 0 Å². The molecule has 2 aromatic carbocycles. The zero-order valence-electron chi connectivity index (χ0n) is 22.2. The summed E-state index contributed by atoms with van der Waals surface area (Å²) in [6, 6.07) is 9.49. The lowest BCUT2D eigenvalue weighted by Gasteiger charge is -2.25. The second kappa shape index (κ2) is 12.0. The molecule has 1 aliphatic rings. The molecule has 3 aromatic rings. The van der Waals surface area contributed by atoms with Crippen LogP contribution >= 0.6 is 11.3 Å². The molecule has 0 spiro atoms. The van der Waals surface area contributed by atoms with Gasteiger partial charge in [-0.1, -0.05) is 42.2 Å². The minimum Gasteiger partial charge on any atom is -0.504 e. The highest BCUT2D eigenvalue weighted by Gasteiger charge is 2.34. The van der Waals surface area contributed by atoms with Crippen molar-refractivity contribution < 1.29 is 28.8 Å². The highest BCUT2D eigenvalue weighted by Crippen LogP contribution is 2.36. The largest absolute Gasteiger partial charge is 0.504 e. The summed E-state index contributed by atoms with van der Waals surface area (Å²) in [5.74, 6) is 0.630. The summed E-state index contributed by atoms with van der Waals surface area (Å²) in [5, 5.41) is 10.6. The topological polar surface area (TPSA) is 109 Å². The first-order valence-corrected chi connectivity index (χ1v) is 13.2. The number of hydrogen-bond donors (Lipinski definition) is 1. The smallest absolute Gasteiger partial charge is 0.338 e. The number of methoxy groups -OCH3 is 1. The summed E-state index contributed by atoms with van der Waals surface area (Å²) in [4.78, 5) is 32.0. The number of aromatic hydroxyl groups is 1. The number of carbonyl (C=O) groups is 1. The van der Waals surface area contributed by atoms with Crippen molar-refractivity contribution in [1.82, 2.24) is 4.57 Å². The molecular formula is C29H30N2O7S. The van der Waals surface area contributed by atoms with Crippen LogP contribution in [0.4, 0.5) is 0 Å². The van der Waals surface area contributed by atoms with Crippen LogP contribution in [0.1, 0.15) is 37.9 Å². The second-order valence-electron chi connectivity index (χ2n) is 8.44. The van der Waals surface area contributed by atoms with E-state index in [-0.39, 0.29) is 29.2 Å². The first-order valence-electron chi connectivity index (χ1n) is 12.4. The SMILES string of the molecule is C=CCOc1ccc([C@@H]2C(C(=O)OCC)=C(C)N=c3s/c(=C\c4cccc(OC)c4O)c(=O)n32)cc1OCC. The maximum absolute atomic E-state index is 13.8. The minimum absolute atomic E-state index is 0.0813. The number of hydrogen-bond acceptors (Lipinski definition) is 9. The van der Waals surface area contributed by atoms with E-state index in [1.807, 2.05) is 6.92 Å². The molecular weight excluding hydrogens is 520 g/mol. The number of rotatable bonds is 10. The molecule has 1 aromatic heterocycles. The van der Waals surface area contributed by atoms with Crippen molar-refractivity contribution in [3.05, 3.63) is 91.1 Å². The lowest BCUT2D eigenvalue weighted by molar-refractivity contribution is -0.139. The average molecular weight is 551 g/mol. The number of esters is 1. The molecule has 0 saturated carbocycles. The maximum Gasteiger partial charge on any atom is 0.338 e. The Morgan fingerprint density at radius 2 is 1.95 bits per heavy atom. The molecule has 204 valence electrons. The average Bonchev–Trinajstić information content (AvgIpc) is 3.22. The quantitative estimate of drug-likeness (QED) is 0.304. The summed E-state index contributed by atoms with van der Waals surface area (Å²) in [5.41, 5.74) is 1.37. The summed E-state index contributed by atoms with van der Waals surface area (Å²) in [7, 11) is 1.45. The number of fused-ring (bicyclic) bond motifs is 1. The van der Waals surface area contributed by atoms with Crippen LogP contribution in [0.3, 0.4) is 0 Å². The summed E-state index contributed by atoms with van der Waals surface area (Å²) in [6.45, 7) is 9.82. The molecule has 39 heavy (non-hydrogen) atoms. The van der Waals surface area contributed by atoms with E-state index in [0.29, 0.717) is 50.9 Å². The Morgan fingerprint density at radius 1 is 1.15 bits per heavy atom.